The second-order valence-electron chi connectivity index (χ2n) is 5.61. The third-order valence-electron chi connectivity index (χ3n) is 4.26. The van der Waals surface area contributed by atoms with E-state index < -0.39 is 0 Å². The lowest BCUT2D eigenvalue weighted by atomic mass is 10.2. The number of ether oxygens (including phenoxy) is 1. The van der Waals surface area contributed by atoms with Crippen LogP contribution in [0.2, 0.25) is 0 Å². The van der Waals surface area contributed by atoms with Crippen molar-refractivity contribution in [2.24, 2.45) is 0 Å². The van der Waals surface area contributed by atoms with Gasteiger partial charge in [0.1, 0.15) is 5.75 Å². The van der Waals surface area contributed by atoms with Crippen molar-refractivity contribution in [3.05, 3.63) is 30.2 Å². The van der Waals surface area contributed by atoms with Crippen molar-refractivity contribution >= 4 is 10.9 Å². The van der Waals surface area contributed by atoms with Gasteiger partial charge in [0.05, 0.1) is 12.6 Å². The second kappa shape index (κ2) is 4.23. The Labute approximate surface area is 112 Å². The van der Waals surface area contributed by atoms with Crippen molar-refractivity contribution in [3.8, 4) is 5.75 Å². The molecule has 0 radical (unpaired) electrons. The van der Waals surface area contributed by atoms with Crippen LogP contribution in [0.25, 0.3) is 10.9 Å². The van der Waals surface area contributed by atoms with E-state index in [-0.39, 0.29) is 11.4 Å². The highest BCUT2D eigenvalue weighted by Crippen LogP contribution is 2.42. The fourth-order valence-corrected chi connectivity index (χ4v) is 2.73. The first-order chi connectivity index (χ1) is 9.05. The van der Waals surface area contributed by atoms with E-state index in [4.69, 9.17) is 4.74 Å². The Morgan fingerprint density at radius 2 is 2.11 bits per heavy atom. The van der Waals surface area contributed by atoms with Crippen molar-refractivity contribution in [2.75, 3.05) is 21.2 Å². The molecule has 102 valence electrons. The fourth-order valence-electron chi connectivity index (χ4n) is 2.73. The maximum absolute atomic E-state index is 14.2. The highest BCUT2D eigenvalue weighted by Gasteiger charge is 2.45. The summed E-state index contributed by atoms with van der Waals surface area (Å²) in [6, 6.07) is 5.28. The Kier molecular flexibility index (Phi) is 2.78. The molecule has 1 aliphatic carbocycles. The quantitative estimate of drug-likeness (QED) is 0.843. The van der Waals surface area contributed by atoms with Crippen LogP contribution in [0.3, 0.4) is 0 Å². The molecule has 0 atom stereocenters. The number of hydrogen-bond acceptors (Lipinski definition) is 2. The van der Waals surface area contributed by atoms with Gasteiger partial charge in [-0.25, -0.2) is 4.39 Å². The number of halogens is 1. The molecule has 2 aromatic rings. The summed E-state index contributed by atoms with van der Waals surface area (Å²) in [4.78, 5) is 2.25. The number of methoxy groups -OCH3 is 1. The third kappa shape index (κ3) is 2.00. The Morgan fingerprint density at radius 1 is 1.37 bits per heavy atom. The lowest BCUT2D eigenvalue weighted by Crippen LogP contribution is -2.34. The summed E-state index contributed by atoms with van der Waals surface area (Å²) in [5.74, 6) is 0.352. The SMILES string of the molecule is COc1cc(F)c2c(ccn2CC2(N(C)C)CC2)c1. The van der Waals surface area contributed by atoms with Gasteiger partial charge in [0, 0.05) is 29.7 Å². The summed E-state index contributed by atoms with van der Waals surface area (Å²) in [6.45, 7) is 0.840. The standard InChI is InChI=1S/C15H19FN2O/c1-17(2)15(5-6-15)10-18-7-4-11-8-12(19-3)9-13(16)14(11)18/h4,7-9H,5-6,10H2,1-3H3. The fraction of sp³-hybridized carbons (Fsp3) is 0.467. The Balaban J connectivity index is 2.01. The molecule has 0 aliphatic heterocycles. The first-order valence-electron chi connectivity index (χ1n) is 6.55. The van der Waals surface area contributed by atoms with Gasteiger partial charge in [0.15, 0.2) is 5.82 Å². The predicted octanol–water partition coefficient (Wildman–Crippen LogP) is 2.88. The average molecular weight is 262 g/mol. The molecule has 3 nitrogen and oxygen atoms in total. The van der Waals surface area contributed by atoms with Crippen LogP contribution in [-0.4, -0.2) is 36.2 Å². The van der Waals surface area contributed by atoms with Crippen LogP contribution in [0.15, 0.2) is 24.4 Å². The van der Waals surface area contributed by atoms with E-state index in [1.165, 1.54) is 18.9 Å². The summed E-state index contributed by atoms with van der Waals surface area (Å²) >= 11 is 0. The van der Waals surface area contributed by atoms with E-state index >= 15 is 0 Å². The molecule has 1 saturated carbocycles. The van der Waals surface area contributed by atoms with Gasteiger partial charge >= 0.3 is 0 Å². The topological polar surface area (TPSA) is 17.4 Å². The molecule has 4 heteroatoms. The molecule has 0 saturated heterocycles. The van der Waals surface area contributed by atoms with E-state index in [1.54, 1.807) is 7.11 Å². The van der Waals surface area contributed by atoms with Gasteiger partial charge < -0.3 is 14.2 Å². The molecule has 0 amide bonds. The van der Waals surface area contributed by atoms with Gasteiger partial charge in [-0.2, -0.15) is 0 Å². The molecule has 0 bridgehead atoms. The molecule has 1 fully saturated rings. The van der Waals surface area contributed by atoms with Gasteiger partial charge in [-0.15, -0.1) is 0 Å². The van der Waals surface area contributed by atoms with Crippen molar-refractivity contribution in [2.45, 2.75) is 24.9 Å². The molecule has 1 aromatic carbocycles. The monoisotopic (exact) mass is 262 g/mol. The van der Waals surface area contributed by atoms with Crippen LogP contribution >= 0.6 is 0 Å². The van der Waals surface area contributed by atoms with Crippen LogP contribution in [0.5, 0.6) is 5.75 Å². The number of likely N-dealkylation sites (N-methyl/N-ethyl adjacent to an activating group) is 1. The highest BCUT2D eigenvalue weighted by molar-refractivity contribution is 5.82. The van der Waals surface area contributed by atoms with Crippen LogP contribution < -0.4 is 4.74 Å². The molecule has 1 aliphatic rings. The summed E-state index contributed by atoms with van der Waals surface area (Å²) in [6.07, 6.45) is 4.33. The van der Waals surface area contributed by atoms with Crippen LogP contribution in [-0.2, 0) is 6.54 Å². The minimum Gasteiger partial charge on any atom is -0.497 e. The van der Waals surface area contributed by atoms with Gasteiger partial charge in [0.25, 0.3) is 0 Å². The Bertz CT molecular complexity index is 614. The normalized spacial score (nSPS) is 17.1. The molecule has 0 spiro atoms. The smallest absolute Gasteiger partial charge is 0.151 e. The van der Waals surface area contributed by atoms with Crippen LogP contribution in [0, 0.1) is 5.82 Å². The van der Waals surface area contributed by atoms with Crippen molar-refractivity contribution in [1.82, 2.24) is 9.47 Å². The number of benzene rings is 1. The number of fused-ring (bicyclic) bond motifs is 1. The summed E-state index contributed by atoms with van der Waals surface area (Å²) in [5, 5.41) is 0.895. The lowest BCUT2D eigenvalue weighted by Gasteiger charge is -2.24. The summed E-state index contributed by atoms with van der Waals surface area (Å²) < 4.78 is 21.3. The van der Waals surface area contributed by atoms with E-state index in [9.17, 15) is 4.39 Å². The van der Waals surface area contributed by atoms with E-state index in [1.807, 2.05) is 22.9 Å². The zero-order valence-corrected chi connectivity index (χ0v) is 11.6. The first kappa shape index (κ1) is 12.5. The third-order valence-corrected chi connectivity index (χ3v) is 4.26. The maximum atomic E-state index is 14.2. The Hall–Kier alpha value is -1.55. The molecule has 3 rings (SSSR count). The van der Waals surface area contributed by atoms with E-state index in [2.05, 4.69) is 19.0 Å². The van der Waals surface area contributed by atoms with Crippen molar-refractivity contribution in [3.63, 3.8) is 0 Å². The molecule has 1 heterocycles. The lowest BCUT2D eigenvalue weighted by molar-refractivity contribution is 0.243. The molecule has 0 unspecified atom stereocenters. The number of aromatic nitrogens is 1. The highest BCUT2D eigenvalue weighted by atomic mass is 19.1. The summed E-state index contributed by atoms with van der Waals surface area (Å²) in [7, 11) is 5.75. The zero-order valence-electron chi connectivity index (χ0n) is 11.6. The number of nitrogens with zero attached hydrogens (tertiary/aromatic N) is 2. The maximum Gasteiger partial charge on any atom is 0.151 e. The van der Waals surface area contributed by atoms with Gasteiger partial charge in [-0.3, -0.25) is 0 Å². The van der Waals surface area contributed by atoms with Crippen LogP contribution in [0.4, 0.5) is 4.39 Å². The molecular weight excluding hydrogens is 243 g/mol. The summed E-state index contributed by atoms with van der Waals surface area (Å²) in [5.41, 5.74) is 0.882. The molecule has 1 aromatic heterocycles. The first-order valence-corrected chi connectivity index (χ1v) is 6.55. The number of hydrogen-bond donors (Lipinski definition) is 0. The van der Waals surface area contributed by atoms with Crippen LogP contribution in [0.1, 0.15) is 12.8 Å². The van der Waals surface area contributed by atoms with E-state index in [0.29, 0.717) is 11.3 Å². The largest absolute Gasteiger partial charge is 0.497 e. The molecular formula is C15H19FN2O. The minimum absolute atomic E-state index is 0.207. The predicted molar refractivity (Wildman–Crippen MR) is 74.1 cm³/mol. The second-order valence-corrected chi connectivity index (χ2v) is 5.61. The van der Waals surface area contributed by atoms with Gasteiger partial charge in [-0.1, -0.05) is 0 Å². The van der Waals surface area contributed by atoms with E-state index in [0.717, 1.165) is 11.9 Å². The van der Waals surface area contributed by atoms with Gasteiger partial charge in [0.2, 0.25) is 0 Å². The average Bonchev–Trinajstić information content (AvgIpc) is 3.05. The van der Waals surface area contributed by atoms with Gasteiger partial charge in [-0.05, 0) is 39.1 Å². The number of rotatable bonds is 4. The zero-order chi connectivity index (χ0) is 13.6. The minimum atomic E-state index is -0.214. The molecule has 0 N–H and O–H groups in total. The molecule has 19 heavy (non-hydrogen) atoms. The van der Waals surface area contributed by atoms with Crippen molar-refractivity contribution < 1.29 is 9.13 Å². The van der Waals surface area contributed by atoms with Crippen molar-refractivity contribution in [1.29, 1.82) is 0 Å². The Morgan fingerprint density at radius 3 is 2.68 bits per heavy atom.